The van der Waals surface area contributed by atoms with Crippen molar-refractivity contribution >= 4 is 5.95 Å². The van der Waals surface area contributed by atoms with Crippen LogP contribution in [0.3, 0.4) is 0 Å². The molecule has 5 nitrogen and oxygen atoms in total. The van der Waals surface area contributed by atoms with E-state index < -0.39 is 0 Å². The lowest BCUT2D eigenvalue weighted by Gasteiger charge is -2.31. The molecule has 0 amide bonds. The van der Waals surface area contributed by atoms with Crippen LogP contribution in [0.25, 0.3) is 0 Å². The summed E-state index contributed by atoms with van der Waals surface area (Å²) >= 11 is 0. The van der Waals surface area contributed by atoms with Crippen molar-refractivity contribution in [2.24, 2.45) is 5.92 Å². The van der Waals surface area contributed by atoms with Crippen LogP contribution in [0, 0.1) is 5.92 Å². The van der Waals surface area contributed by atoms with Gasteiger partial charge < -0.3 is 10.2 Å². The fourth-order valence-electron chi connectivity index (χ4n) is 2.58. The van der Waals surface area contributed by atoms with E-state index in [4.69, 9.17) is 0 Å². The molecular weight excluding hydrogens is 226 g/mol. The summed E-state index contributed by atoms with van der Waals surface area (Å²) in [6.45, 7) is 5.45. The van der Waals surface area contributed by atoms with Crippen LogP contribution in [0.2, 0.25) is 0 Å². The minimum Gasteiger partial charge on any atom is -0.339 e. The summed E-state index contributed by atoms with van der Waals surface area (Å²) in [5.41, 5.74) is 0. The highest BCUT2D eigenvalue weighted by Gasteiger charge is 2.22. The van der Waals surface area contributed by atoms with Gasteiger partial charge in [-0.15, -0.1) is 5.10 Å². The second kappa shape index (κ2) is 6.73. The molecule has 1 saturated heterocycles. The topological polar surface area (TPSA) is 56.8 Å². The molecule has 2 heterocycles. The van der Waals surface area contributed by atoms with Gasteiger partial charge in [-0.1, -0.05) is 13.3 Å². The molecule has 0 aromatic carbocycles. The fraction of sp³-hybridized carbons (Fsp3) is 0.846. The van der Waals surface area contributed by atoms with Crippen molar-refractivity contribution in [3.05, 3.63) is 5.82 Å². The molecule has 1 aromatic heterocycles. The molecule has 1 aliphatic heterocycles. The van der Waals surface area contributed by atoms with Crippen molar-refractivity contribution in [1.82, 2.24) is 20.5 Å². The monoisotopic (exact) mass is 251 g/mol. The van der Waals surface area contributed by atoms with E-state index in [0.29, 0.717) is 0 Å². The molecule has 1 fully saturated rings. The Balaban J connectivity index is 1.91. The largest absolute Gasteiger partial charge is 0.339 e. The number of rotatable bonds is 6. The van der Waals surface area contributed by atoms with Gasteiger partial charge in [0, 0.05) is 19.5 Å². The average molecular weight is 251 g/mol. The number of aromatic amines is 1. The fourth-order valence-corrected chi connectivity index (χ4v) is 2.58. The number of piperidine rings is 1. The Kier molecular flexibility index (Phi) is 4.99. The Labute approximate surface area is 109 Å². The highest BCUT2D eigenvalue weighted by atomic mass is 15.4. The van der Waals surface area contributed by atoms with E-state index in [1.807, 2.05) is 7.05 Å². The lowest BCUT2D eigenvalue weighted by molar-refractivity contribution is 0.399. The first-order valence-corrected chi connectivity index (χ1v) is 7.14. The van der Waals surface area contributed by atoms with Gasteiger partial charge in [-0.2, -0.15) is 4.98 Å². The number of aromatic nitrogens is 3. The zero-order valence-electron chi connectivity index (χ0n) is 11.6. The van der Waals surface area contributed by atoms with E-state index in [0.717, 1.165) is 43.7 Å². The predicted molar refractivity (Wildman–Crippen MR) is 73.9 cm³/mol. The quantitative estimate of drug-likeness (QED) is 0.806. The van der Waals surface area contributed by atoms with Crippen molar-refractivity contribution in [2.75, 3.05) is 31.6 Å². The number of unbranched alkanes of at least 4 members (excludes halogenated alkanes) is 1. The van der Waals surface area contributed by atoms with Crippen molar-refractivity contribution in [1.29, 1.82) is 0 Å². The van der Waals surface area contributed by atoms with Crippen LogP contribution >= 0.6 is 0 Å². The van der Waals surface area contributed by atoms with Crippen molar-refractivity contribution in [3.63, 3.8) is 0 Å². The Morgan fingerprint density at radius 2 is 2.39 bits per heavy atom. The number of nitrogens with zero attached hydrogens (tertiary/aromatic N) is 3. The number of hydrogen-bond acceptors (Lipinski definition) is 4. The molecule has 1 aromatic rings. The number of nitrogens with one attached hydrogen (secondary N) is 2. The molecule has 18 heavy (non-hydrogen) atoms. The number of H-pyrrole nitrogens is 1. The van der Waals surface area contributed by atoms with E-state index in [-0.39, 0.29) is 0 Å². The van der Waals surface area contributed by atoms with E-state index in [9.17, 15) is 0 Å². The third-order valence-corrected chi connectivity index (χ3v) is 3.58. The molecule has 102 valence electrons. The molecule has 0 aliphatic carbocycles. The molecule has 0 radical (unpaired) electrons. The lowest BCUT2D eigenvalue weighted by atomic mass is 9.98. The molecule has 0 saturated carbocycles. The molecule has 1 atom stereocenters. The van der Waals surface area contributed by atoms with Crippen LogP contribution < -0.4 is 10.2 Å². The Bertz CT molecular complexity index is 347. The van der Waals surface area contributed by atoms with Gasteiger partial charge in [-0.25, -0.2) is 0 Å². The third kappa shape index (κ3) is 3.45. The van der Waals surface area contributed by atoms with Crippen LogP contribution in [0.1, 0.15) is 38.4 Å². The number of hydrogen-bond donors (Lipinski definition) is 2. The Morgan fingerprint density at radius 1 is 1.50 bits per heavy atom. The van der Waals surface area contributed by atoms with Crippen LogP contribution in [-0.4, -0.2) is 41.9 Å². The van der Waals surface area contributed by atoms with Crippen LogP contribution in [0.5, 0.6) is 0 Å². The van der Waals surface area contributed by atoms with E-state index >= 15 is 0 Å². The van der Waals surface area contributed by atoms with Gasteiger partial charge in [0.1, 0.15) is 5.82 Å². The molecule has 1 aliphatic rings. The van der Waals surface area contributed by atoms with Gasteiger partial charge in [0.05, 0.1) is 0 Å². The zero-order chi connectivity index (χ0) is 12.8. The highest BCUT2D eigenvalue weighted by Crippen LogP contribution is 2.19. The normalized spacial score (nSPS) is 20.3. The van der Waals surface area contributed by atoms with E-state index in [1.165, 1.54) is 25.7 Å². The zero-order valence-corrected chi connectivity index (χ0v) is 11.6. The van der Waals surface area contributed by atoms with Crippen molar-refractivity contribution in [2.45, 2.75) is 39.0 Å². The van der Waals surface area contributed by atoms with E-state index in [2.05, 4.69) is 32.3 Å². The van der Waals surface area contributed by atoms with Gasteiger partial charge in [0.2, 0.25) is 5.95 Å². The summed E-state index contributed by atoms with van der Waals surface area (Å²) in [6, 6.07) is 0. The number of anilines is 1. The van der Waals surface area contributed by atoms with Crippen LogP contribution in [0.4, 0.5) is 5.95 Å². The second-order valence-electron chi connectivity index (χ2n) is 5.20. The average Bonchev–Trinajstić information content (AvgIpc) is 2.86. The summed E-state index contributed by atoms with van der Waals surface area (Å²) in [5.74, 6) is 2.64. The summed E-state index contributed by atoms with van der Waals surface area (Å²) in [7, 11) is 2.02. The van der Waals surface area contributed by atoms with Gasteiger partial charge >= 0.3 is 0 Å². The first-order chi connectivity index (χ1) is 8.83. The van der Waals surface area contributed by atoms with Crippen molar-refractivity contribution < 1.29 is 0 Å². The molecule has 5 heteroatoms. The third-order valence-electron chi connectivity index (χ3n) is 3.58. The SMILES string of the molecule is CCCCc1nc(N2CCCC(CNC)C2)n[nH]1. The molecule has 0 bridgehead atoms. The molecule has 0 spiro atoms. The van der Waals surface area contributed by atoms with Gasteiger partial charge in [-0.05, 0) is 38.8 Å². The van der Waals surface area contributed by atoms with Crippen LogP contribution in [0.15, 0.2) is 0 Å². The first-order valence-electron chi connectivity index (χ1n) is 7.14. The second-order valence-corrected chi connectivity index (χ2v) is 5.20. The first kappa shape index (κ1) is 13.3. The van der Waals surface area contributed by atoms with Crippen LogP contribution in [-0.2, 0) is 6.42 Å². The predicted octanol–water partition coefficient (Wildman–Crippen LogP) is 1.58. The number of aryl methyl sites for hydroxylation is 1. The summed E-state index contributed by atoms with van der Waals surface area (Å²) < 4.78 is 0. The maximum Gasteiger partial charge on any atom is 0.244 e. The Hall–Kier alpha value is -1.10. The molecule has 2 N–H and O–H groups in total. The summed E-state index contributed by atoms with van der Waals surface area (Å²) in [4.78, 5) is 6.92. The summed E-state index contributed by atoms with van der Waals surface area (Å²) in [6.07, 6.45) is 5.94. The van der Waals surface area contributed by atoms with Gasteiger partial charge in [0.25, 0.3) is 0 Å². The standard InChI is InChI=1S/C13H25N5/c1-3-4-7-12-15-13(17-16-12)18-8-5-6-11(10-18)9-14-2/h11,14H,3-10H2,1-2H3,(H,15,16,17). The lowest BCUT2D eigenvalue weighted by Crippen LogP contribution is -2.39. The van der Waals surface area contributed by atoms with E-state index in [1.54, 1.807) is 0 Å². The Morgan fingerprint density at radius 3 is 3.17 bits per heavy atom. The molecule has 1 unspecified atom stereocenters. The highest BCUT2D eigenvalue weighted by molar-refractivity contribution is 5.29. The van der Waals surface area contributed by atoms with Crippen molar-refractivity contribution in [3.8, 4) is 0 Å². The minimum absolute atomic E-state index is 0.723. The van der Waals surface area contributed by atoms with Gasteiger partial charge in [-0.3, -0.25) is 5.10 Å². The maximum absolute atomic E-state index is 4.60. The maximum atomic E-state index is 4.60. The molecule has 2 rings (SSSR count). The summed E-state index contributed by atoms with van der Waals surface area (Å²) in [5, 5.41) is 10.7. The van der Waals surface area contributed by atoms with Gasteiger partial charge in [0.15, 0.2) is 0 Å². The smallest absolute Gasteiger partial charge is 0.244 e. The molecular formula is C13H25N5. The minimum atomic E-state index is 0.723.